The number of benzene rings is 2. The first-order valence-corrected chi connectivity index (χ1v) is 4.40. The maximum absolute atomic E-state index is 12.9. The first kappa shape index (κ1) is 9.65. The van der Waals surface area contributed by atoms with Crippen molar-refractivity contribution in [3.63, 3.8) is 0 Å². The van der Waals surface area contributed by atoms with Gasteiger partial charge in [0.25, 0.3) is 0 Å². The second-order valence-corrected chi connectivity index (χ2v) is 3.20. The summed E-state index contributed by atoms with van der Waals surface area (Å²) >= 11 is 0. The van der Waals surface area contributed by atoms with Gasteiger partial charge in [0, 0.05) is 6.07 Å². The normalized spacial score (nSPS) is 10.3. The van der Waals surface area contributed by atoms with Gasteiger partial charge in [0.05, 0.1) is 0 Å². The number of halogens is 2. The van der Waals surface area contributed by atoms with Crippen LogP contribution in [0.1, 0.15) is 0 Å². The molecule has 0 aromatic heterocycles. The maximum atomic E-state index is 12.9. The predicted octanol–water partition coefficient (Wildman–Crippen LogP) is 3.34. The highest BCUT2D eigenvalue weighted by molar-refractivity contribution is 5.64. The second kappa shape index (κ2) is 3.69. The Balaban J connectivity index is 2.49. The Labute approximate surface area is 85.6 Å². The van der Waals surface area contributed by atoms with Gasteiger partial charge < -0.3 is 5.11 Å². The number of phenols is 1. The van der Waals surface area contributed by atoms with Gasteiger partial charge in [-0.05, 0) is 35.4 Å². The summed E-state index contributed by atoms with van der Waals surface area (Å²) < 4.78 is 25.8. The van der Waals surface area contributed by atoms with Crippen LogP contribution in [0.2, 0.25) is 0 Å². The van der Waals surface area contributed by atoms with Crippen molar-refractivity contribution in [2.45, 2.75) is 0 Å². The summed E-state index contributed by atoms with van der Waals surface area (Å²) in [4.78, 5) is 0. The van der Waals surface area contributed by atoms with Crippen LogP contribution in [0.25, 0.3) is 11.1 Å². The molecule has 0 spiro atoms. The molecule has 76 valence electrons. The molecule has 0 amide bonds. The Bertz CT molecular complexity index is 457. The zero-order valence-corrected chi connectivity index (χ0v) is 7.74. The Morgan fingerprint density at radius 2 is 1.27 bits per heavy atom. The van der Waals surface area contributed by atoms with E-state index in [-0.39, 0.29) is 5.75 Å². The van der Waals surface area contributed by atoms with E-state index in [0.717, 1.165) is 6.07 Å². The fourth-order valence-electron chi connectivity index (χ4n) is 1.37. The van der Waals surface area contributed by atoms with Crippen LogP contribution in [0.5, 0.6) is 5.75 Å². The molecular weight excluding hydrogens is 198 g/mol. The van der Waals surface area contributed by atoms with Gasteiger partial charge in [-0.3, -0.25) is 0 Å². The monoisotopic (exact) mass is 206 g/mol. The van der Waals surface area contributed by atoms with E-state index in [0.29, 0.717) is 11.1 Å². The van der Waals surface area contributed by atoms with Crippen LogP contribution >= 0.6 is 0 Å². The lowest BCUT2D eigenvalue weighted by atomic mass is 10.1. The zero-order valence-electron chi connectivity index (χ0n) is 7.74. The molecule has 2 rings (SSSR count). The average molecular weight is 206 g/mol. The molecule has 0 aliphatic carbocycles. The van der Waals surface area contributed by atoms with Crippen molar-refractivity contribution in [3.8, 4) is 16.9 Å². The lowest BCUT2D eigenvalue weighted by Gasteiger charge is -2.02. The summed E-state index contributed by atoms with van der Waals surface area (Å²) in [5, 5.41) is 9.06. The van der Waals surface area contributed by atoms with Gasteiger partial charge in [0.2, 0.25) is 0 Å². The second-order valence-electron chi connectivity index (χ2n) is 3.20. The van der Waals surface area contributed by atoms with E-state index in [9.17, 15) is 8.78 Å². The highest BCUT2D eigenvalue weighted by Gasteiger charge is 2.02. The van der Waals surface area contributed by atoms with Crippen LogP contribution in [0, 0.1) is 11.6 Å². The summed E-state index contributed by atoms with van der Waals surface area (Å²) in [6.45, 7) is 0. The van der Waals surface area contributed by atoms with Gasteiger partial charge in [0.15, 0.2) is 0 Å². The van der Waals surface area contributed by atoms with Crippen molar-refractivity contribution in [1.29, 1.82) is 0 Å². The molecule has 2 aromatic rings. The van der Waals surface area contributed by atoms with Gasteiger partial charge in [0.1, 0.15) is 17.4 Å². The summed E-state index contributed by atoms with van der Waals surface area (Å²) in [6.07, 6.45) is 0. The number of hydrogen-bond acceptors (Lipinski definition) is 1. The molecule has 15 heavy (non-hydrogen) atoms. The third-order valence-electron chi connectivity index (χ3n) is 2.06. The van der Waals surface area contributed by atoms with E-state index in [4.69, 9.17) is 5.11 Å². The molecule has 1 nitrogen and oxygen atoms in total. The van der Waals surface area contributed by atoms with Crippen LogP contribution in [0.3, 0.4) is 0 Å². The van der Waals surface area contributed by atoms with E-state index >= 15 is 0 Å². The summed E-state index contributed by atoms with van der Waals surface area (Å²) in [6, 6.07) is 9.46. The number of rotatable bonds is 1. The molecule has 0 atom stereocenters. The number of hydrogen-bond donors (Lipinski definition) is 1. The molecule has 2 aromatic carbocycles. The minimum absolute atomic E-state index is 0.121. The van der Waals surface area contributed by atoms with Crippen molar-refractivity contribution >= 4 is 0 Å². The third-order valence-corrected chi connectivity index (χ3v) is 2.06. The van der Waals surface area contributed by atoms with Crippen LogP contribution in [-0.4, -0.2) is 5.11 Å². The van der Waals surface area contributed by atoms with Crippen LogP contribution in [0.15, 0.2) is 42.5 Å². The third kappa shape index (κ3) is 2.13. The fraction of sp³-hybridized carbons (Fsp3) is 0. The fourth-order valence-corrected chi connectivity index (χ4v) is 1.37. The predicted molar refractivity (Wildman–Crippen MR) is 53.5 cm³/mol. The van der Waals surface area contributed by atoms with Gasteiger partial charge in [-0.1, -0.05) is 12.1 Å². The molecular formula is C12H8F2O. The topological polar surface area (TPSA) is 20.2 Å². The van der Waals surface area contributed by atoms with Crippen LogP contribution < -0.4 is 0 Å². The quantitative estimate of drug-likeness (QED) is 0.758. The molecule has 0 saturated heterocycles. The van der Waals surface area contributed by atoms with Gasteiger partial charge in [-0.2, -0.15) is 0 Å². The number of aromatic hydroxyl groups is 1. The summed E-state index contributed by atoms with van der Waals surface area (Å²) in [5.41, 5.74) is 1.11. The largest absolute Gasteiger partial charge is 0.508 e. The molecule has 0 heterocycles. The van der Waals surface area contributed by atoms with Gasteiger partial charge in [-0.25, -0.2) is 8.78 Å². The molecule has 0 saturated carbocycles. The zero-order chi connectivity index (χ0) is 10.8. The smallest absolute Gasteiger partial charge is 0.126 e. The standard InChI is InChI=1S/C12H8F2O/c13-10-5-9(6-11(14)7-10)8-1-3-12(15)4-2-8/h1-7,15H. The van der Waals surface area contributed by atoms with Crippen molar-refractivity contribution in [2.24, 2.45) is 0 Å². The SMILES string of the molecule is Oc1ccc(-c2cc(F)cc(F)c2)cc1. The highest BCUT2D eigenvalue weighted by atomic mass is 19.1. The summed E-state index contributed by atoms with van der Waals surface area (Å²) in [5.74, 6) is -1.10. The van der Waals surface area contributed by atoms with E-state index in [1.165, 1.54) is 24.3 Å². The van der Waals surface area contributed by atoms with E-state index in [2.05, 4.69) is 0 Å². The molecule has 1 N–H and O–H groups in total. The molecule has 0 aliphatic rings. The molecule has 3 heteroatoms. The first-order valence-electron chi connectivity index (χ1n) is 4.40. The highest BCUT2D eigenvalue weighted by Crippen LogP contribution is 2.23. The maximum Gasteiger partial charge on any atom is 0.126 e. The molecule has 0 aliphatic heterocycles. The molecule has 0 bridgehead atoms. The van der Waals surface area contributed by atoms with Crippen molar-refractivity contribution in [1.82, 2.24) is 0 Å². The molecule has 0 radical (unpaired) electrons. The van der Waals surface area contributed by atoms with Crippen LogP contribution in [0.4, 0.5) is 8.78 Å². The Morgan fingerprint density at radius 1 is 0.733 bits per heavy atom. The van der Waals surface area contributed by atoms with Crippen molar-refractivity contribution in [2.75, 3.05) is 0 Å². The van der Waals surface area contributed by atoms with E-state index in [1.807, 2.05) is 0 Å². The Hall–Kier alpha value is -1.90. The minimum Gasteiger partial charge on any atom is -0.508 e. The Kier molecular flexibility index (Phi) is 2.37. The van der Waals surface area contributed by atoms with Crippen LogP contribution in [-0.2, 0) is 0 Å². The van der Waals surface area contributed by atoms with E-state index in [1.54, 1.807) is 12.1 Å². The van der Waals surface area contributed by atoms with Gasteiger partial charge in [-0.15, -0.1) is 0 Å². The average Bonchev–Trinajstić information content (AvgIpc) is 2.17. The lowest BCUT2D eigenvalue weighted by molar-refractivity contribution is 0.475. The molecule has 0 unspecified atom stereocenters. The van der Waals surface area contributed by atoms with Crippen molar-refractivity contribution < 1.29 is 13.9 Å². The first-order chi connectivity index (χ1) is 7.15. The number of phenolic OH excluding ortho intramolecular Hbond substituents is 1. The molecule has 0 fully saturated rings. The Morgan fingerprint density at radius 3 is 1.80 bits per heavy atom. The van der Waals surface area contributed by atoms with Gasteiger partial charge >= 0.3 is 0 Å². The summed E-state index contributed by atoms with van der Waals surface area (Å²) in [7, 11) is 0. The lowest BCUT2D eigenvalue weighted by Crippen LogP contribution is -1.83. The van der Waals surface area contributed by atoms with E-state index < -0.39 is 11.6 Å². The minimum atomic E-state index is -0.613. The van der Waals surface area contributed by atoms with Crippen molar-refractivity contribution in [3.05, 3.63) is 54.1 Å².